The Labute approximate surface area is 134 Å². The van der Waals surface area contributed by atoms with Crippen molar-refractivity contribution < 1.29 is 0 Å². The van der Waals surface area contributed by atoms with Crippen LogP contribution in [0.3, 0.4) is 0 Å². The number of anilines is 1. The summed E-state index contributed by atoms with van der Waals surface area (Å²) in [5, 5.41) is 6.59. The first-order valence-electron chi connectivity index (χ1n) is 7.42. The van der Waals surface area contributed by atoms with E-state index in [1.54, 1.807) is 11.3 Å². The Hall–Kier alpha value is -0.850. The highest BCUT2D eigenvalue weighted by molar-refractivity contribution is 8.00. The quantitative estimate of drug-likeness (QED) is 0.933. The summed E-state index contributed by atoms with van der Waals surface area (Å²) in [4.78, 5) is 13.0. The fourth-order valence-electron chi connectivity index (χ4n) is 2.72. The van der Waals surface area contributed by atoms with Gasteiger partial charge in [0.25, 0.3) is 0 Å². The van der Waals surface area contributed by atoms with Crippen molar-refractivity contribution in [1.82, 2.24) is 14.9 Å². The summed E-state index contributed by atoms with van der Waals surface area (Å²) in [6, 6.07) is 2.10. The van der Waals surface area contributed by atoms with Gasteiger partial charge in [0.15, 0.2) is 0 Å². The van der Waals surface area contributed by atoms with Crippen LogP contribution in [0, 0.1) is 0 Å². The number of rotatable bonds is 4. The van der Waals surface area contributed by atoms with E-state index in [1.165, 1.54) is 5.75 Å². The fraction of sp³-hybridized carbons (Fsp3) is 0.600. The first-order chi connectivity index (χ1) is 10.1. The molecule has 0 radical (unpaired) electrons. The van der Waals surface area contributed by atoms with Crippen LogP contribution in [0.15, 0.2) is 11.4 Å². The molecule has 6 heteroatoms. The Balaban J connectivity index is 1.83. The lowest BCUT2D eigenvalue weighted by Crippen LogP contribution is -2.42. The van der Waals surface area contributed by atoms with Crippen LogP contribution in [-0.2, 0) is 6.54 Å². The van der Waals surface area contributed by atoms with E-state index in [0.29, 0.717) is 4.75 Å². The zero-order chi connectivity index (χ0) is 14.9. The molecule has 21 heavy (non-hydrogen) atoms. The number of nitrogens with one attached hydrogen (secondary N) is 1. The lowest BCUT2D eigenvalue weighted by Gasteiger charge is -2.37. The Bertz CT molecular complexity index is 623. The smallest absolute Gasteiger partial charge is 0.146 e. The van der Waals surface area contributed by atoms with Crippen molar-refractivity contribution in [2.45, 2.75) is 32.1 Å². The molecule has 4 nitrogen and oxygen atoms in total. The summed E-state index contributed by atoms with van der Waals surface area (Å²) < 4.78 is 0.329. The molecule has 3 rings (SSSR count). The predicted octanol–water partition coefficient (Wildman–Crippen LogP) is 3.45. The SMILES string of the molecule is CCNc1nc(CN2CCSC(C)(C)C2)nc2sccc12. The molecule has 3 heterocycles. The van der Waals surface area contributed by atoms with Gasteiger partial charge in [-0.15, -0.1) is 11.3 Å². The highest BCUT2D eigenvalue weighted by atomic mass is 32.2. The van der Waals surface area contributed by atoms with E-state index < -0.39 is 0 Å². The molecule has 1 aliphatic heterocycles. The van der Waals surface area contributed by atoms with E-state index in [2.05, 4.69) is 54.2 Å². The number of fused-ring (bicyclic) bond motifs is 1. The van der Waals surface area contributed by atoms with Crippen LogP contribution < -0.4 is 5.32 Å². The molecule has 1 fully saturated rings. The lowest BCUT2D eigenvalue weighted by molar-refractivity contribution is 0.247. The number of hydrogen-bond donors (Lipinski definition) is 1. The first-order valence-corrected chi connectivity index (χ1v) is 9.28. The Morgan fingerprint density at radius 1 is 1.38 bits per heavy atom. The highest BCUT2D eigenvalue weighted by Gasteiger charge is 2.27. The molecule has 0 aromatic carbocycles. The number of hydrogen-bond acceptors (Lipinski definition) is 6. The summed E-state index contributed by atoms with van der Waals surface area (Å²) in [7, 11) is 0. The molecule has 114 valence electrons. The largest absolute Gasteiger partial charge is 0.370 e. The first kappa shape index (κ1) is 15.1. The molecule has 0 aliphatic carbocycles. The van der Waals surface area contributed by atoms with Crippen molar-refractivity contribution in [3.63, 3.8) is 0 Å². The van der Waals surface area contributed by atoms with Crippen LogP contribution in [0.4, 0.5) is 5.82 Å². The molecule has 2 aromatic heterocycles. The van der Waals surface area contributed by atoms with Crippen molar-refractivity contribution in [2.24, 2.45) is 0 Å². The summed E-state index contributed by atoms with van der Waals surface area (Å²) >= 11 is 3.75. The monoisotopic (exact) mass is 322 g/mol. The zero-order valence-electron chi connectivity index (χ0n) is 12.8. The van der Waals surface area contributed by atoms with Gasteiger partial charge in [-0.25, -0.2) is 9.97 Å². The standard InChI is InChI=1S/C15H22N4S2/c1-4-16-13-11-5-7-20-14(11)18-12(17-13)9-19-6-8-21-15(2,3)10-19/h5,7H,4,6,8-10H2,1-3H3,(H,16,17,18). The third kappa shape index (κ3) is 3.49. The van der Waals surface area contributed by atoms with Gasteiger partial charge in [0.1, 0.15) is 16.5 Å². The van der Waals surface area contributed by atoms with E-state index in [4.69, 9.17) is 9.97 Å². The molecule has 0 amide bonds. The second-order valence-electron chi connectivity index (χ2n) is 5.98. The highest BCUT2D eigenvalue weighted by Crippen LogP contribution is 2.30. The Morgan fingerprint density at radius 2 is 2.24 bits per heavy atom. The maximum Gasteiger partial charge on any atom is 0.146 e. The van der Waals surface area contributed by atoms with Crippen LogP contribution in [0.5, 0.6) is 0 Å². The van der Waals surface area contributed by atoms with Crippen LogP contribution in [0.1, 0.15) is 26.6 Å². The molecule has 0 saturated carbocycles. The zero-order valence-corrected chi connectivity index (χ0v) is 14.5. The number of nitrogens with zero attached hydrogens (tertiary/aromatic N) is 3. The van der Waals surface area contributed by atoms with Crippen molar-refractivity contribution >= 4 is 39.1 Å². The van der Waals surface area contributed by atoms with E-state index >= 15 is 0 Å². The van der Waals surface area contributed by atoms with Gasteiger partial charge in [-0.1, -0.05) is 0 Å². The topological polar surface area (TPSA) is 41.1 Å². The molecular weight excluding hydrogens is 300 g/mol. The van der Waals surface area contributed by atoms with E-state index in [9.17, 15) is 0 Å². The van der Waals surface area contributed by atoms with Crippen LogP contribution in [0.25, 0.3) is 10.2 Å². The second-order valence-corrected chi connectivity index (χ2v) is 8.67. The van der Waals surface area contributed by atoms with Crippen LogP contribution in [-0.4, -0.2) is 45.0 Å². The molecule has 1 saturated heterocycles. The Morgan fingerprint density at radius 3 is 3.00 bits per heavy atom. The molecule has 0 bridgehead atoms. The van der Waals surface area contributed by atoms with Crippen molar-refractivity contribution in [3.05, 3.63) is 17.3 Å². The fourth-order valence-corrected chi connectivity index (χ4v) is 4.68. The average molecular weight is 323 g/mol. The number of aromatic nitrogens is 2. The maximum atomic E-state index is 4.74. The molecule has 2 aromatic rings. The summed E-state index contributed by atoms with van der Waals surface area (Å²) in [5.41, 5.74) is 0. The molecule has 0 spiro atoms. The summed E-state index contributed by atoms with van der Waals surface area (Å²) in [6.45, 7) is 10.7. The third-order valence-corrected chi connectivity index (χ3v) is 5.69. The van der Waals surface area contributed by atoms with Gasteiger partial charge in [-0.2, -0.15) is 11.8 Å². The lowest BCUT2D eigenvalue weighted by atomic mass is 10.2. The number of thioether (sulfide) groups is 1. The van der Waals surface area contributed by atoms with E-state index in [-0.39, 0.29) is 0 Å². The predicted molar refractivity (Wildman–Crippen MR) is 93.4 cm³/mol. The normalized spacial score (nSPS) is 19.0. The second kappa shape index (κ2) is 6.10. The van der Waals surface area contributed by atoms with Gasteiger partial charge >= 0.3 is 0 Å². The van der Waals surface area contributed by atoms with Crippen LogP contribution in [0.2, 0.25) is 0 Å². The van der Waals surface area contributed by atoms with Gasteiger partial charge in [-0.05, 0) is 32.2 Å². The third-order valence-electron chi connectivity index (χ3n) is 3.59. The molecule has 0 unspecified atom stereocenters. The van der Waals surface area contributed by atoms with Gasteiger partial charge in [-0.3, -0.25) is 4.90 Å². The molecule has 0 atom stereocenters. The minimum absolute atomic E-state index is 0.329. The minimum atomic E-state index is 0.329. The van der Waals surface area contributed by atoms with Gasteiger partial charge in [0.2, 0.25) is 0 Å². The Kier molecular flexibility index (Phi) is 4.38. The molecular formula is C15H22N4S2. The summed E-state index contributed by atoms with van der Waals surface area (Å²) in [6.07, 6.45) is 0. The van der Waals surface area contributed by atoms with Crippen molar-refractivity contribution in [3.8, 4) is 0 Å². The van der Waals surface area contributed by atoms with Gasteiger partial charge in [0.05, 0.1) is 11.9 Å². The summed E-state index contributed by atoms with van der Waals surface area (Å²) in [5.74, 6) is 3.10. The van der Waals surface area contributed by atoms with Gasteiger partial charge in [0, 0.05) is 30.1 Å². The van der Waals surface area contributed by atoms with Crippen molar-refractivity contribution in [2.75, 3.05) is 30.7 Å². The van der Waals surface area contributed by atoms with Gasteiger partial charge < -0.3 is 5.32 Å². The van der Waals surface area contributed by atoms with Crippen LogP contribution >= 0.6 is 23.1 Å². The van der Waals surface area contributed by atoms with Crippen molar-refractivity contribution in [1.29, 1.82) is 0 Å². The molecule has 1 N–H and O–H groups in total. The van der Waals surface area contributed by atoms with E-state index in [0.717, 1.165) is 48.0 Å². The van der Waals surface area contributed by atoms with E-state index in [1.807, 2.05) is 0 Å². The maximum absolute atomic E-state index is 4.74. The number of thiophene rings is 1. The minimum Gasteiger partial charge on any atom is -0.370 e. The average Bonchev–Trinajstić information content (AvgIpc) is 2.86. The molecule has 1 aliphatic rings.